The Morgan fingerprint density at radius 1 is 1.39 bits per heavy atom. The van der Waals surface area contributed by atoms with Gasteiger partial charge in [0.2, 0.25) is 0 Å². The first-order valence-corrected chi connectivity index (χ1v) is 6.41. The van der Waals surface area contributed by atoms with Crippen molar-refractivity contribution in [1.82, 2.24) is 15.0 Å². The number of nitrogens with one attached hydrogen (secondary N) is 1. The summed E-state index contributed by atoms with van der Waals surface area (Å²) in [5.74, 6) is 6.69. The van der Waals surface area contributed by atoms with Gasteiger partial charge >= 0.3 is 0 Å². The van der Waals surface area contributed by atoms with Gasteiger partial charge in [0, 0.05) is 21.9 Å². The summed E-state index contributed by atoms with van der Waals surface area (Å²) in [4.78, 5) is 13.2. The zero-order valence-corrected chi connectivity index (χ0v) is 11.8. The average molecular weight is 308 g/mol. The van der Waals surface area contributed by atoms with Crippen molar-refractivity contribution in [3.8, 4) is 11.5 Å². The van der Waals surface area contributed by atoms with Gasteiger partial charge < -0.3 is 5.43 Å². The Kier molecular flexibility index (Phi) is 3.88. The Morgan fingerprint density at radius 3 is 2.78 bits per heavy atom. The fourth-order valence-corrected chi connectivity index (χ4v) is 2.14. The highest BCUT2D eigenvalue weighted by Crippen LogP contribution is 2.25. The van der Waals surface area contributed by atoms with Crippen molar-refractivity contribution >= 4 is 21.7 Å². The van der Waals surface area contributed by atoms with Crippen LogP contribution in [-0.4, -0.2) is 15.0 Å². The Bertz CT molecular complexity index is 545. The maximum atomic E-state index is 5.49. The van der Waals surface area contributed by atoms with Crippen LogP contribution in [0.3, 0.4) is 0 Å². The van der Waals surface area contributed by atoms with E-state index < -0.39 is 0 Å². The van der Waals surface area contributed by atoms with Crippen molar-refractivity contribution in [3.05, 3.63) is 34.1 Å². The summed E-state index contributed by atoms with van der Waals surface area (Å²) < 4.78 is 0.860. The van der Waals surface area contributed by atoms with E-state index in [0.29, 0.717) is 17.3 Å². The van der Waals surface area contributed by atoms with Crippen LogP contribution in [0.15, 0.2) is 22.8 Å². The molecule has 0 spiro atoms. The number of pyridine rings is 1. The minimum atomic E-state index is 0.567. The highest BCUT2D eigenvalue weighted by Gasteiger charge is 2.13. The van der Waals surface area contributed by atoms with Crippen LogP contribution in [0.25, 0.3) is 11.5 Å². The largest absolute Gasteiger partial charge is 0.308 e. The number of halogens is 1. The second kappa shape index (κ2) is 5.41. The molecule has 0 aromatic carbocycles. The number of nitrogen functional groups attached to an aromatic ring is 1. The van der Waals surface area contributed by atoms with Crippen molar-refractivity contribution in [1.29, 1.82) is 0 Å². The van der Waals surface area contributed by atoms with E-state index >= 15 is 0 Å². The van der Waals surface area contributed by atoms with Gasteiger partial charge in [-0.05, 0) is 41.4 Å². The molecular formula is C12H14BrN5. The molecule has 2 heterocycles. The van der Waals surface area contributed by atoms with E-state index in [4.69, 9.17) is 5.84 Å². The maximum absolute atomic E-state index is 5.49. The van der Waals surface area contributed by atoms with E-state index in [-0.39, 0.29) is 0 Å². The van der Waals surface area contributed by atoms with Crippen LogP contribution in [0.1, 0.15) is 18.2 Å². The third kappa shape index (κ3) is 2.34. The number of rotatable bonds is 3. The normalized spacial score (nSPS) is 10.4. The monoisotopic (exact) mass is 307 g/mol. The molecule has 0 radical (unpaired) electrons. The van der Waals surface area contributed by atoms with Gasteiger partial charge in [0.25, 0.3) is 0 Å². The van der Waals surface area contributed by atoms with E-state index in [9.17, 15) is 0 Å². The van der Waals surface area contributed by atoms with E-state index in [0.717, 1.165) is 22.2 Å². The Morgan fingerprint density at radius 2 is 2.17 bits per heavy atom. The van der Waals surface area contributed by atoms with Crippen molar-refractivity contribution < 1.29 is 0 Å². The fraction of sp³-hybridized carbons (Fsp3) is 0.250. The lowest BCUT2D eigenvalue weighted by atomic mass is 10.2. The molecule has 0 aliphatic rings. The highest BCUT2D eigenvalue weighted by molar-refractivity contribution is 9.10. The molecule has 94 valence electrons. The van der Waals surface area contributed by atoms with Gasteiger partial charge in [0.05, 0.1) is 0 Å². The lowest BCUT2D eigenvalue weighted by molar-refractivity contribution is 0.966. The van der Waals surface area contributed by atoms with Gasteiger partial charge in [-0.15, -0.1) is 0 Å². The van der Waals surface area contributed by atoms with Crippen molar-refractivity contribution in [2.24, 2.45) is 5.84 Å². The quantitative estimate of drug-likeness (QED) is 0.673. The first-order chi connectivity index (χ1) is 8.67. The predicted octanol–water partition coefficient (Wildman–Crippen LogP) is 2.46. The predicted molar refractivity (Wildman–Crippen MR) is 74.9 cm³/mol. The Labute approximate surface area is 114 Å². The second-order valence-electron chi connectivity index (χ2n) is 3.80. The molecule has 18 heavy (non-hydrogen) atoms. The number of aromatic nitrogens is 3. The summed E-state index contributed by atoms with van der Waals surface area (Å²) >= 11 is 3.45. The molecule has 0 saturated heterocycles. The third-order valence-corrected chi connectivity index (χ3v) is 3.33. The molecule has 0 amide bonds. The standard InChI is InChI=1S/C12H14BrN5/c1-3-9-7(2)11(18-14)17-12(16-9)10-8(13)5-4-6-15-10/h4-6H,3,14H2,1-2H3,(H,16,17,18). The van der Waals surface area contributed by atoms with Crippen LogP contribution in [-0.2, 0) is 6.42 Å². The number of hydrogen-bond acceptors (Lipinski definition) is 5. The summed E-state index contributed by atoms with van der Waals surface area (Å²) in [5, 5.41) is 0. The van der Waals surface area contributed by atoms with Gasteiger partial charge in [-0.3, -0.25) is 4.98 Å². The number of anilines is 1. The molecule has 0 fully saturated rings. The molecule has 0 aliphatic carbocycles. The molecule has 6 heteroatoms. The Balaban J connectivity index is 2.62. The van der Waals surface area contributed by atoms with E-state index in [1.54, 1.807) is 6.20 Å². The number of hydrogen-bond donors (Lipinski definition) is 2. The maximum Gasteiger partial charge on any atom is 0.181 e. The molecule has 0 aliphatic heterocycles. The fourth-order valence-electron chi connectivity index (χ4n) is 1.70. The molecule has 0 saturated carbocycles. The second-order valence-corrected chi connectivity index (χ2v) is 4.65. The number of nitrogens with two attached hydrogens (primary N) is 1. The summed E-state index contributed by atoms with van der Waals surface area (Å²) in [7, 11) is 0. The van der Waals surface area contributed by atoms with E-state index in [1.165, 1.54) is 0 Å². The highest BCUT2D eigenvalue weighted by atomic mass is 79.9. The van der Waals surface area contributed by atoms with Gasteiger partial charge in [-0.25, -0.2) is 15.8 Å². The average Bonchev–Trinajstić information content (AvgIpc) is 2.40. The zero-order valence-electron chi connectivity index (χ0n) is 10.2. The molecule has 0 atom stereocenters. The third-order valence-electron chi connectivity index (χ3n) is 2.69. The van der Waals surface area contributed by atoms with Gasteiger partial charge in [-0.2, -0.15) is 0 Å². The smallest absolute Gasteiger partial charge is 0.181 e. The van der Waals surface area contributed by atoms with E-state index in [2.05, 4.69) is 36.3 Å². The van der Waals surface area contributed by atoms with Crippen LogP contribution >= 0.6 is 15.9 Å². The molecule has 5 nitrogen and oxygen atoms in total. The first-order valence-electron chi connectivity index (χ1n) is 5.62. The van der Waals surface area contributed by atoms with Crippen LogP contribution in [0.4, 0.5) is 5.82 Å². The van der Waals surface area contributed by atoms with Crippen molar-refractivity contribution in [2.75, 3.05) is 5.43 Å². The molecule has 2 aromatic rings. The molecule has 2 rings (SSSR count). The van der Waals surface area contributed by atoms with Crippen molar-refractivity contribution in [3.63, 3.8) is 0 Å². The zero-order chi connectivity index (χ0) is 13.1. The first kappa shape index (κ1) is 12.9. The lowest BCUT2D eigenvalue weighted by Gasteiger charge is -2.11. The summed E-state index contributed by atoms with van der Waals surface area (Å²) in [6, 6.07) is 3.76. The van der Waals surface area contributed by atoms with Gasteiger partial charge in [0.15, 0.2) is 5.82 Å². The van der Waals surface area contributed by atoms with E-state index in [1.807, 2.05) is 26.0 Å². The summed E-state index contributed by atoms with van der Waals surface area (Å²) in [5.41, 5.74) is 5.25. The number of hydrazine groups is 1. The minimum Gasteiger partial charge on any atom is -0.308 e. The minimum absolute atomic E-state index is 0.567. The topological polar surface area (TPSA) is 76.7 Å². The summed E-state index contributed by atoms with van der Waals surface area (Å²) in [6.07, 6.45) is 2.53. The number of aryl methyl sites for hydroxylation is 1. The SMILES string of the molecule is CCc1nc(-c2ncccc2Br)nc(NN)c1C. The molecule has 0 bridgehead atoms. The van der Waals surface area contributed by atoms with Crippen LogP contribution in [0.2, 0.25) is 0 Å². The van der Waals surface area contributed by atoms with Crippen LogP contribution < -0.4 is 11.3 Å². The molecule has 2 aromatic heterocycles. The number of nitrogens with zero attached hydrogens (tertiary/aromatic N) is 3. The van der Waals surface area contributed by atoms with Crippen LogP contribution in [0.5, 0.6) is 0 Å². The summed E-state index contributed by atoms with van der Waals surface area (Å²) in [6.45, 7) is 4.00. The Hall–Kier alpha value is -1.53. The molecule has 0 unspecified atom stereocenters. The van der Waals surface area contributed by atoms with Crippen LogP contribution in [0, 0.1) is 6.92 Å². The van der Waals surface area contributed by atoms with Gasteiger partial charge in [-0.1, -0.05) is 6.92 Å². The molecular weight excluding hydrogens is 294 g/mol. The lowest BCUT2D eigenvalue weighted by Crippen LogP contribution is -2.13. The molecule has 3 N–H and O–H groups in total. The van der Waals surface area contributed by atoms with Crippen molar-refractivity contribution in [2.45, 2.75) is 20.3 Å². The van der Waals surface area contributed by atoms with Gasteiger partial charge in [0.1, 0.15) is 11.5 Å².